The number of amides is 3. The van der Waals surface area contributed by atoms with Crippen LogP contribution in [0.3, 0.4) is 0 Å². The molecule has 35 heavy (non-hydrogen) atoms. The molecule has 0 saturated heterocycles. The van der Waals surface area contributed by atoms with Crippen LogP contribution in [0.5, 0.6) is 0 Å². The molecule has 0 aliphatic rings. The third-order valence-electron chi connectivity index (χ3n) is 4.58. The number of halogens is 3. The van der Waals surface area contributed by atoms with Gasteiger partial charge in [0.05, 0.1) is 17.0 Å². The molecule has 0 heterocycles. The Hall–Kier alpha value is -4.74. The van der Waals surface area contributed by atoms with Crippen LogP contribution < -0.4 is 16.0 Å². The van der Waals surface area contributed by atoms with E-state index in [1.165, 1.54) is 48.5 Å². The van der Waals surface area contributed by atoms with Gasteiger partial charge < -0.3 is 16.0 Å². The number of rotatable bonds is 7. The topological polar surface area (TPSA) is 130 Å². The van der Waals surface area contributed by atoms with Crippen molar-refractivity contribution >= 4 is 34.8 Å². The van der Waals surface area contributed by atoms with Gasteiger partial charge in [0.2, 0.25) is 5.91 Å². The lowest BCUT2D eigenvalue weighted by atomic mass is 10.1. The Morgan fingerprint density at radius 3 is 2.06 bits per heavy atom. The van der Waals surface area contributed by atoms with Gasteiger partial charge in [-0.25, -0.2) is 0 Å². The number of carbonyl (C=O) groups is 3. The van der Waals surface area contributed by atoms with Crippen molar-refractivity contribution in [3.8, 4) is 0 Å². The standard InChI is InChI=1S/C23H17F3N4O5/c24-23(25,26)16-6-3-8-18(12-16)29-22(33)14-4-1-7-17(10-14)28-20(31)13-27-21(32)15-5-2-9-19(11-15)30(34)35/h1-12H,13H2,(H,27,32)(H,28,31)(H,29,33). The van der Waals surface area contributed by atoms with Crippen LogP contribution >= 0.6 is 0 Å². The summed E-state index contributed by atoms with van der Waals surface area (Å²) in [7, 11) is 0. The van der Waals surface area contributed by atoms with Gasteiger partial charge in [-0.05, 0) is 42.5 Å². The molecular formula is C23H17F3N4O5. The van der Waals surface area contributed by atoms with Gasteiger partial charge >= 0.3 is 6.18 Å². The Balaban J connectivity index is 1.59. The third-order valence-corrected chi connectivity index (χ3v) is 4.58. The van der Waals surface area contributed by atoms with Crippen LogP contribution in [0.25, 0.3) is 0 Å². The number of nitro benzene ring substituents is 1. The number of nitrogens with zero attached hydrogens (tertiary/aromatic N) is 1. The Labute approximate surface area is 196 Å². The second-order valence-corrected chi connectivity index (χ2v) is 7.15. The van der Waals surface area contributed by atoms with Crippen LogP contribution in [-0.2, 0) is 11.0 Å². The number of nitro groups is 1. The summed E-state index contributed by atoms with van der Waals surface area (Å²) >= 11 is 0. The van der Waals surface area contributed by atoms with Gasteiger partial charge in [0.1, 0.15) is 0 Å². The number of carbonyl (C=O) groups excluding carboxylic acids is 3. The van der Waals surface area contributed by atoms with Gasteiger partial charge in [-0.1, -0.05) is 18.2 Å². The summed E-state index contributed by atoms with van der Waals surface area (Å²) in [5.41, 5.74) is -0.966. The summed E-state index contributed by atoms with van der Waals surface area (Å²) < 4.78 is 38.6. The predicted molar refractivity (Wildman–Crippen MR) is 120 cm³/mol. The minimum Gasteiger partial charge on any atom is -0.343 e. The van der Waals surface area contributed by atoms with Crippen LogP contribution in [0, 0.1) is 10.1 Å². The zero-order valence-corrected chi connectivity index (χ0v) is 17.8. The summed E-state index contributed by atoms with van der Waals surface area (Å²) in [4.78, 5) is 46.9. The number of hydrogen-bond acceptors (Lipinski definition) is 5. The summed E-state index contributed by atoms with van der Waals surface area (Å²) in [6.07, 6.45) is -4.56. The van der Waals surface area contributed by atoms with Crippen molar-refractivity contribution in [1.82, 2.24) is 5.32 Å². The molecule has 180 valence electrons. The number of alkyl halides is 3. The van der Waals surface area contributed by atoms with Gasteiger partial charge in [-0.3, -0.25) is 24.5 Å². The quantitative estimate of drug-likeness (QED) is 0.340. The minimum absolute atomic E-state index is 0.000242. The van der Waals surface area contributed by atoms with E-state index in [4.69, 9.17) is 0 Å². The van der Waals surface area contributed by atoms with Crippen molar-refractivity contribution in [1.29, 1.82) is 0 Å². The molecule has 12 heteroatoms. The van der Waals surface area contributed by atoms with E-state index in [9.17, 15) is 37.7 Å². The summed E-state index contributed by atoms with van der Waals surface area (Å²) in [6, 6.07) is 14.8. The van der Waals surface area contributed by atoms with E-state index in [-0.39, 0.29) is 28.2 Å². The van der Waals surface area contributed by atoms with Gasteiger partial charge in [0.25, 0.3) is 17.5 Å². The van der Waals surface area contributed by atoms with Gasteiger partial charge in [-0.2, -0.15) is 13.2 Å². The lowest BCUT2D eigenvalue weighted by Crippen LogP contribution is -2.32. The highest BCUT2D eigenvalue weighted by molar-refractivity contribution is 6.05. The van der Waals surface area contributed by atoms with Crippen molar-refractivity contribution < 1.29 is 32.5 Å². The monoisotopic (exact) mass is 486 g/mol. The molecule has 0 saturated carbocycles. The first-order chi connectivity index (χ1) is 16.5. The first kappa shape index (κ1) is 24.9. The first-order valence-corrected chi connectivity index (χ1v) is 9.94. The van der Waals surface area contributed by atoms with Crippen LogP contribution in [0.2, 0.25) is 0 Å². The number of nitrogens with one attached hydrogen (secondary N) is 3. The largest absolute Gasteiger partial charge is 0.416 e. The van der Waals surface area contributed by atoms with Crippen LogP contribution in [0.15, 0.2) is 72.8 Å². The Morgan fingerprint density at radius 2 is 1.40 bits per heavy atom. The summed E-state index contributed by atoms with van der Waals surface area (Å²) in [5, 5.41) is 18.0. The number of benzene rings is 3. The molecule has 0 fully saturated rings. The summed E-state index contributed by atoms with van der Waals surface area (Å²) in [5.74, 6) is -2.03. The van der Waals surface area contributed by atoms with Gasteiger partial charge in [0, 0.05) is 34.6 Å². The highest BCUT2D eigenvalue weighted by atomic mass is 19.4. The van der Waals surface area contributed by atoms with Crippen molar-refractivity contribution in [2.24, 2.45) is 0 Å². The number of anilines is 2. The maximum atomic E-state index is 12.9. The van der Waals surface area contributed by atoms with Crippen LogP contribution in [0.1, 0.15) is 26.3 Å². The fraction of sp³-hybridized carbons (Fsp3) is 0.0870. The smallest absolute Gasteiger partial charge is 0.343 e. The fourth-order valence-electron chi connectivity index (χ4n) is 2.94. The van der Waals surface area contributed by atoms with E-state index < -0.39 is 40.9 Å². The SMILES string of the molecule is O=C(CNC(=O)c1cccc([N+](=O)[O-])c1)Nc1cccc(C(=O)Nc2cccc(C(F)(F)F)c2)c1. The predicted octanol–water partition coefficient (Wildman–Crippen LogP) is 4.23. The van der Waals surface area contributed by atoms with E-state index in [1.807, 2.05) is 0 Å². The van der Waals surface area contributed by atoms with E-state index >= 15 is 0 Å². The molecular weight excluding hydrogens is 469 g/mol. The second kappa shape index (κ2) is 10.5. The van der Waals surface area contributed by atoms with Crippen LogP contribution in [0.4, 0.5) is 30.2 Å². The molecule has 0 radical (unpaired) electrons. The Kier molecular flexibility index (Phi) is 7.44. The van der Waals surface area contributed by atoms with Crippen LogP contribution in [-0.4, -0.2) is 29.2 Å². The van der Waals surface area contributed by atoms with E-state index in [0.29, 0.717) is 0 Å². The van der Waals surface area contributed by atoms with Crippen molar-refractivity contribution in [2.75, 3.05) is 17.2 Å². The molecule has 0 aromatic heterocycles. The van der Waals surface area contributed by atoms with E-state index in [1.54, 1.807) is 0 Å². The molecule has 0 atom stereocenters. The normalized spacial score (nSPS) is 10.8. The number of non-ortho nitro benzene ring substituents is 1. The highest BCUT2D eigenvalue weighted by Gasteiger charge is 2.30. The molecule has 0 aliphatic heterocycles. The van der Waals surface area contributed by atoms with E-state index in [0.717, 1.165) is 24.3 Å². The van der Waals surface area contributed by atoms with Crippen molar-refractivity contribution in [2.45, 2.75) is 6.18 Å². The van der Waals surface area contributed by atoms with Gasteiger partial charge in [-0.15, -0.1) is 0 Å². The molecule has 0 bridgehead atoms. The molecule has 9 nitrogen and oxygen atoms in total. The third kappa shape index (κ3) is 6.87. The summed E-state index contributed by atoms with van der Waals surface area (Å²) in [6.45, 7) is -0.456. The first-order valence-electron chi connectivity index (χ1n) is 9.94. The lowest BCUT2D eigenvalue weighted by Gasteiger charge is -2.11. The highest BCUT2D eigenvalue weighted by Crippen LogP contribution is 2.30. The second-order valence-electron chi connectivity index (χ2n) is 7.15. The van der Waals surface area contributed by atoms with Crippen molar-refractivity contribution in [3.05, 3.63) is 99.6 Å². The lowest BCUT2D eigenvalue weighted by molar-refractivity contribution is -0.384. The average Bonchev–Trinajstić information content (AvgIpc) is 2.82. The molecule has 3 aromatic rings. The Bertz CT molecular complexity index is 1290. The average molecular weight is 486 g/mol. The molecule has 3 aromatic carbocycles. The Morgan fingerprint density at radius 1 is 0.800 bits per heavy atom. The minimum atomic E-state index is -4.56. The maximum Gasteiger partial charge on any atom is 0.416 e. The fourth-order valence-corrected chi connectivity index (χ4v) is 2.94. The molecule has 3 N–H and O–H groups in total. The molecule has 0 spiro atoms. The molecule has 3 rings (SSSR count). The zero-order valence-electron chi connectivity index (χ0n) is 17.8. The molecule has 3 amide bonds. The maximum absolute atomic E-state index is 12.9. The van der Waals surface area contributed by atoms with E-state index in [2.05, 4.69) is 16.0 Å². The van der Waals surface area contributed by atoms with Gasteiger partial charge in [0.15, 0.2) is 0 Å². The van der Waals surface area contributed by atoms with Crippen molar-refractivity contribution in [3.63, 3.8) is 0 Å². The molecule has 0 unspecified atom stereocenters. The zero-order chi connectivity index (χ0) is 25.6. The number of hydrogen-bond donors (Lipinski definition) is 3. The molecule has 0 aliphatic carbocycles.